The van der Waals surface area contributed by atoms with Crippen LogP contribution in [0.4, 0.5) is 0 Å². The fraction of sp³-hybridized carbons (Fsp3) is 0.692. The molecule has 13 heteroatoms. The maximum atomic E-state index is 12.1. The molecule has 2 aliphatic heterocycles. The van der Waals surface area contributed by atoms with Crippen LogP contribution in [0.3, 0.4) is 0 Å². The number of Topliss-reactive ketones (excluding diaryl/α,β-unsaturated/α-hetero) is 1. The van der Waals surface area contributed by atoms with Gasteiger partial charge in [-0.3, -0.25) is 14.4 Å². The van der Waals surface area contributed by atoms with Crippen molar-refractivity contribution < 1.29 is 44.0 Å². The molecule has 52 heavy (non-hydrogen) atoms. The number of aliphatic hydroxyl groups excluding tert-OH is 2. The van der Waals surface area contributed by atoms with Crippen molar-refractivity contribution in [3.63, 3.8) is 0 Å². The number of hydrogen-bond donors (Lipinski definition) is 3. The van der Waals surface area contributed by atoms with Crippen molar-refractivity contribution in [1.82, 2.24) is 9.80 Å². The van der Waals surface area contributed by atoms with Crippen LogP contribution in [0.1, 0.15) is 140 Å². The molecule has 2 aliphatic rings. The Hall–Kier alpha value is -2.68. The summed E-state index contributed by atoms with van der Waals surface area (Å²) >= 11 is 2.67. The molecule has 3 N–H and O–H groups in total. The summed E-state index contributed by atoms with van der Waals surface area (Å²) in [5.74, 6) is -0.560. The van der Waals surface area contributed by atoms with Crippen molar-refractivity contribution in [3.05, 3.63) is 43.8 Å². The number of carboxylic acid groups (broad SMARTS) is 1. The van der Waals surface area contributed by atoms with Gasteiger partial charge in [-0.15, -0.1) is 22.7 Å². The normalized spacial score (nSPS) is 18.5. The second kappa shape index (κ2) is 23.9. The minimum atomic E-state index is -0.925. The topological polar surface area (TPSA) is 154 Å². The van der Waals surface area contributed by atoms with Crippen molar-refractivity contribution >= 4 is 46.2 Å². The Morgan fingerprint density at radius 1 is 0.731 bits per heavy atom. The Morgan fingerprint density at radius 2 is 1.17 bits per heavy atom. The van der Waals surface area contributed by atoms with E-state index in [1.54, 1.807) is 19.1 Å². The number of rotatable bonds is 24. The third kappa shape index (κ3) is 15.4. The van der Waals surface area contributed by atoms with Crippen LogP contribution in [0, 0.1) is 0 Å². The summed E-state index contributed by atoms with van der Waals surface area (Å²) < 4.78 is 11.5. The maximum Gasteiger partial charge on any atom is 0.345 e. The molecule has 0 spiro atoms. The highest BCUT2D eigenvalue weighted by Gasteiger charge is 2.32. The van der Waals surface area contributed by atoms with E-state index in [4.69, 9.17) is 14.6 Å². The standard InChI is InChI=1S/C20H31NO4S.C19H29NO5S/c1-3-4-5-6-17(23)11-12-21-16(7-10-20(21)24)13-25-14-18-8-9-19(26-18)15(2)22;1-2-3-4-5-15(21)10-11-20-14(6-9-18(20)22)12-25-13-16-7-8-17(26-16)19(23)24/h8-9,16-17,23H,3-7,10-14H2,1-2H3;7-8,14-15,21H,2-6,9-13H2,1H3,(H,23,24)/t16-,17+;14-,15+/m11/s1. The molecule has 0 aliphatic carbocycles. The van der Waals surface area contributed by atoms with Crippen molar-refractivity contribution in [2.45, 2.75) is 148 Å². The van der Waals surface area contributed by atoms with E-state index in [0.717, 1.165) is 78.8 Å². The molecule has 2 fully saturated rings. The number of thiophene rings is 2. The highest BCUT2D eigenvalue weighted by Crippen LogP contribution is 2.24. The van der Waals surface area contributed by atoms with Gasteiger partial charge in [0.05, 0.1) is 55.6 Å². The molecule has 2 amide bonds. The fourth-order valence-corrected chi connectivity index (χ4v) is 8.10. The highest BCUT2D eigenvalue weighted by atomic mass is 32.1. The number of nitrogens with zero attached hydrogens (tertiary/aromatic N) is 2. The Labute approximate surface area is 317 Å². The van der Waals surface area contributed by atoms with E-state index in [1.165, 1.54) is 22.7 Å². The van der Waals surface area contributed by atoms with E-state index in [-0.39, 0.29) is 41.9 Å². The van der Waals surface area contributed by atoms with Crippen molar-refractivity contribution in [1.29, 1.82) is 0 Å². The number of ether oxygens (including phenoxy) is 2. The number of carbonyl (C=O) groups is 4. The first kappa shape index (κ1) is 43.7. The van der Waals surface area contributed by atoms with Crippen molar-refractivity contribution in [3.8, 4) is 0 Å². The number of unbranched alkanes of at least 4 members (excludes halogenated alkanes) is 4. The summed E-state index contributed by atoms with van der Waals surface area (Å²) in [6.45, 7) is 8.80. The van der Waals surface area contributed by atoms with E-state index < -0.39 is 5.97 Å². The molecule has 0 unspecified atom stereocenters. The van der Waals surface area contributed by atoms with Crippen LogP contribution in [-0.2, 0) is 32.3 Å². The number of aromatic carboxylic acids is 1. The second-order valence-corrected chi connectivity index (χ2v) is 16.2. The minimum Gasteiger partial charge on any atom is -0.477 e. The molecule has 2 aromatic heterocycles. The van der Waals surface area contributed by atoms with E-state index in [0.29, 0.717) is 70.1 Å². The monoisotopic (exact) mass is 764 g/mol. The summed E-state index contributed by atoms with van der Waals surface area (Å²) in [5, 5.41) is 29.1. The third-order valence-electron chi connectivity index (χ3n) is 9.58. The van der Waals surface area contributed by atoms with Gasteiger partial charge in [-0.2, -0.15) is 0 Å². The van der Waals surface area contributed by atoms with Gasteiger partial charge >= 0.3 is 5.97 Å². The van der Waals surface area contributed by atoms with E-state index in [1.807, 2.05) is 21.9 Å². The molecule has 2 saturated heterocycles. The van der Waals surface area contributed by atoms with E-state index >= 15 is 0 Å². The lowest BCUT2D eigenvalue weighted by atomic mass is 10.1. The van der Waals surface area contributed by atoms with E-state index in [9.17, 15) is 29.4 Å². The number of hydrogen-bond acceptors (Lipinski definition) is 10. The van der Waals surface area contributed by atoms with Gasteiger partial charge in [0.25, 0.3) is 0 Å². The van der Waals surface area contributed by atoms with Gasteiger partial charge < -0.3 is 34.6 Å². The van der Waals surface area contributed by atoms with Crippen LogP contribution in [0.5, 0.6) is 0 Å². The molecule has 292 valence electrons. The van der Waals surface area contributed by atoms with Crippen molar-refractivity contribution in [2.75, 3.05) is 26.3 Å². The number of carbonyl (C=O) groups excluding carboxylic acids is 3. The summed E-state index contributed by atoms with van der Waals surface area (Å²) in [4.78, 5) is 53.1. The molecular formula is C39H60N2O9S2. The van der Waals surface area contributed by atoms with Crippen LogP contribution >= 0.6 is 22.7 Å². The minimum absolute atomic E-state index is 0.0456. The highest BCUT2D eigenvalue weighted by molar-refractivity contribution is 7.14. The average Bonchev–Trinajstić information content (AvgIpc) is 3.92. The SMILES string of the molecule is CCCCC[C@H](O)CCN1C(=O)CC[C@@H]1COCc1ccc(C(=O)O)s1.CCCCC[C@H](O)CCN1C(=O)CC[C@@H]1COCc1ccc(C(C)=O)s1. The number of likely N-dealkylation sites (tertiary alicyclic amines) is 2. The molecule has 2 aromatic rings. The Bertz CT molecular complexity index is 1280. The van der Waals surface area contributed by atoms with Crippen LogP contribution in [0.15, 0.2) is 24.3 Å². The quantitative estimate of drug-likeness (QED) is 0.0752. The summed E-state index contributed by atoms with van der Waals surface area (Å²) in [7, 11) is 0. The zero-order valence-corrected chi connectivity index (χ0v) is 32.9. The molecule has 4 atom stereocenters. The average molecular weight is 765 g/mol. The molecular weight excluding hydrogens is 705 g/mol. The molecule has 4 rings (SSSR count). The first-order chi connectivity index (χ1) is 25.0. The van der Waals surface area contributed by atoms with Gasteiger partial charge in [-0.25, -0.2) is 4.79 Å². The Morgan fingerprint density at radius 3 is 1.56 bits per heavy atom. The number of ketones is 1. The molecule has 4 heterocycles. The Balaban J connectivity index is 0.000000280. The lowest BCUT2D eigenvalue weighted by molar-refractivity contribution is -0.131. The maximum absolute atomic E-state index is 12.1. The number of aliphatic hydroxyl groups is 2. The zero-order valence-electron chi connectivity index (χ0n) is 31.3. The zero-order chi connectivity index (χ0) is 37.9. The second-order valence-electron chi connectivity index (χ2n) is 13.9. The summed E-state index contributed by atoms with van der Waals surface area (Å²) in [5.41, 5.74) is 0. The molecule has 0 bridgehead atoms. The molecule has 0 aromatic carbocycles. The van der Waals surface area contributed by atoms with Crippen LogP contribution in [-0.4, -0.2) is 99.3 Å². The van der Waals surface area contributed by atoms with Gasteiger partial charge in [0, 0.05) is 35.7 Å². The van der Waals surface area contributed by atoms with E-state index in [2.05, 4.69) is 13.8 Å². The van der Waals surface area contributed by atoms with Crippen molar-refractivity contribution in [2.24, 2.45) is 0 Å². The smallest absolute Gasteiger partial charge is 0.345 e. The first-order valence-corrected chi connectivity index (χ1v) is 20.7. The van der Waals surface area contributed by atoms with Gasteiger partial charge in [-0.05, 0) is 69.7 Å². The molecule has 0 saturated carbocycles. The summed E-state index contributed by atoms with van der Waals surface area (Å²) in [6.07, 6.45) is 11.5. The van der Waals surface area contributed by atoms with Crippen LogP contribution < -0.4 is 0 Å². The number of carboxylic acids is 1. The van der Waals surface area contributed by atoms with Gasteiger partial charge in [0.15, 0.2) is 5.78 Å². The Kier molecular flexibility index (Phi) is 20.1. The van der Waals surface area contributed by atoms with Crippen LogP contribution in [0.25, 0.3) is 0 Å². The lowest BCUT2D eigenvalue weighted by Crippen LogP contribution is -2.38. The lowest BCUT2D eigenvalue weighted by Gasteiger charge is -2.25. The van der Waals surface area contributed by atoms with Crippen LogP contribution in [0.2, 0.25) is 0 Å². The fourth-order valence-electron chi connectivity index (χ4n) is 6.48. The third-order valence-corrected chi connectivity index (χ3v) is 11.8. The predicted molar refractivity (Wildman–Crippen MR) is 204 cm³/mol. The molecule has 11 nitrogen and oxygen atoms in total. The van der Waals surface area contributed by atoms with Gasteiger partial charge in [-0.1, -0.05) is 52.4 Å². The number of amides is 2. The first-order valence-electron chi connectivity index (χ1n) is 19.0. The van der Waals surface area contributed by atoms with Gasteiger partial charge in [0.1, 0.15) is 4.88 Å². The largest absolute Gasteiger partial charge is 0.477 e. The summed E-state index contributed by atoms with van der Waals surface area (Å²) in [6, 6.07) is 7.24. The molecule has 0 radical (unpaired) electrons. The predicted octanol–water partition coefficient (Wildman–Crippen LogP) is 7.07. The van der Waals surface area contributed by atoms with Gasteiger partial charge in [0.2, 0.25) is 11.8 Å².